The molecule has 0 aromatic carbocycles. The van der Waals surface area contributed by atoms with Crippen LogP contribution >= 0.6 is 11.8 Å². The minimum absolute atomic E-state index is 0.412. The van der Waals surface area contributed by atoms with Gasteiger partial charge in [-0.05, 0) is 60.1 Å². The van der Waals surface area contributed by atoms with Crippen molar-refractivity contribution in [2.24, 2.45) is 0 Å². The zero-order chi connectivity index (χ0) is 19.1. The predicted molar refractivity (Wildman–Crippen MR) is 98.6 cm³/mol. The van der Waals surface area contributed by atoms with E-state index in [4.69, 9.17) is 9.47 Å². The Labute approximate surface area is 154 Å². The monoisotopic (exact) mass is 368 g/mol. The van der Waals surface area contributed by atoms with Crippen LogP contribution in [0, 0.1) is 0 Å². The van der Waals surface area contributed by atoms with Crippen molar-refractivity contribution in [2.75, 3.05) is 5.75 Å². The highest BCUT2D eigenvalue weighted by Crippen LogP contribution is 2.18. The molecule has 1 heterocycles. The van der Waals surface area contributed by atoms with Gasteiger partial charge in [-0.1, -0.05) is 6.07 Å². The SMILES string of the molecule is CC(C)(C)OC(=O)NC(CCSc1ccccn1)C(=O)OC(C)(C)C. The molecule has 6 nitrogen and oxygen atoms in total. The van der Waals surface area contributed by atoms with Gasteiger partial charge in [0.25, 0.3) is 0 Å². The molecule has 0 saturated carbocycles. The summed E-state index contributed by atoms with van der Waals surface area (Å²) < 4.78 is 10.6. The van der Waals surface area contributed by atoms with Gasteiger partial charge in [0.05, 0.1) is 5.03 Å². The van der Waals surface area contributed by atoms with Crippen LogP contribution in [0.15, 0.2) is 29.4 Å². The molecule has 0 aliphatic rings. The van der Waals surface area contributed by atoms with Crippen LogP contribution in [-0.2, 0) is 14.3 Å². The highest BCUT2D eigenvalue weighted by Gasteiger charge is 2.28. The molecule has 0 saturated heterocycles. The third kappa shape index (κ3) is 9.96. The van der Waals surface area contributed by atoms with Gasteiger partial charge in [0.1, 0.15) is 17.2 Å². The van der Waals surface area contributed by atoms with Crippen LogP contribution in [0.2, 0.25) is 0 Å². The van der Waals surface area contributed by atoms with Crippen LogP contribution in [0.3, 0.4) is 0 Å². The first-order chi connectivity index (χ1) is 11.5. The van der Waals surface area contributed by atoms with E-state index >= 15 is 0 Å². The Morgan fingerprint density at radius 1 is 1.12 bits per heavy atom. The molecule has 0 spiro atoms. The molecular weight excluding hydrogens is 340 g/mol. The van der Waals surface area contributed by atoms with Gasteiger partial charge in [0, 0.05) is 11.9 Å². The number of ether oxygens (including phenoxy) is 2. The maximum absolute atomic E-state index is 12.4. The number of thioether (sulfide) groups is 1. The standard InChI is InChI=1S/C18H28N2O4S/c1-17(2,3)23-15(21)13(20-16(22)24-18(4,5)6)10-12-25-14-9-7-8-11-19-14/h7-9,11,13H,10,12H2,1-6H3,(H,20,22). The second kappa shape index (κ2) is 9.08. The number of pyridine rings is 1. The molecule has 1 aromatic heterocycles. The molecule has 0 fully saturated rings. The van der Waals surface area contributed by atoms with Gasteiger partial charge in [-0.3, -0.25) is 0 Å². The molecule has 1 aromatic rings. The van der Waals surface area contributed by atoms with E-state index in [9.17, 15) is 9.59 Å². The van der Waals surface area contributed by atoms with Crippen molar-refractivity contribution < 1.29 is 19.1 Å². The van der Waals surface area contributed by atoms with E-state index in [-0.39, 0.29) is 0 Å². The molecule has 0 aliphatic carbocycles. The normalized spacial score (nSPS) is 13.0. The quantitative estimate of drug-likeness (QED) is 0.608. The van der Waals surface area contributed by atoms with Gasteiger partial charge in [-0.2, -0.15) is 0 Å². The van der Waals surface area contributed by atoms with Crippen molar-refractivity contribution in [1.29, 1.82) is 0 Å². The second-order valence-corrected chi connectivity index (χ2v) is 8.65. The van der Waals surface area contributed by atoms with Gasteiger partial charge in [-0.25, -0.2) is 14.6 Å². The highest BCUT2D eigenvalue weighted by atomic mass is 32.2. The summed E-state index contributed by atoms with van der Waals surface area (Å²) in [5, 5.41) is 3.48. The fraction of sp³-hybridized carbons (Fsp3) is 0.611. The van der Waals surface area contributed by atoms with Crippen LogP contribution in [0.25, 0.3) is 0 Å². The number of hydrogen-bond donors (Lipinski definition) is 1. The van der Waals surface area contributed by atoms with Crippen molar-refractivity contribution in [3.63, 3.8) is 0 Å². The Kier molecular flexibility index (Phi) is 7.73. The summed E-state index contributed by atoms with van der Waals surface area (Å²) in [5.74, 6) is 0.136. The molecule has 25 heavy (non-hydrogen) atoms. The van der Waals surface area contributed by atoms with Crippen LogP contribution in [0.4, 0.5) is 4.79 Å². The molecule has 0 bridgehead atoms. The smallest absolute Gasteiger partial charge is 0.408 e. The fourth-order valence-corrected chi connectivity index (χ4v) is 2.66. The molecule has 1 unspecified atom stereocenters. The summed E-state index contributed by atoms with van der Waals surface area (Å²) >= 11 is 1.51. The van der Waals surface area contributed by atoms with Crippen LogP contribution in [0.5, 0.6) is 0 Å². The number of esters is 1. The number of carbonyl (C=O) groups is 2. The van der Waals surface area contributed by atoms with E-state index in [1.165, 1.54) is 11.8 Å². The van der Waals surface area contributed by atoms with Gasteiger partial charge >= 0.3 is 12.1 Å². The zero-order valence-electron chi connectivity index (χ0n) is 15.8. The van der Waals surface area contributed by atoms with Gasteiger partial charge < -0.3 is 14.8 Å². The van der Waals surface area contributed by atoms with Crippen LogP contribution in [0.1, 0.15) is 48.0 Å². The molecule has 140 valence electrons. The maximum atomic E-state index is 12.4. The molecule has 0 radical (unpaired) electrons. The van der Waals surface area contributed by atoms with E-state index in [0.29, 0.717) is 12.2 Å². The Bertz CT molecular complexity index is 565. The first-order valence-corrected chi connectivity index (χ1v) is 9.21. The third-order valence-electron chi connectivity index (χ3n) is 2.68. The summed E-state index contributed by atoms with van der Waals surface area (Å²) in [7, 11) is 0. The number of aromatic nitrogens is 1. The summed E-state index contributed by atoms with van der Waals surface area (Å²) in [6, 6.07) is 4.87. The fourth-order valence-electron chi connectivity index (χ4n) is 1.79. The average Bonchev–Trinajstić information content (AvgIpc) is 2.43. The first-order valence-electron chi connectivity index (χ1n) is 8.22. The summed E-state index contributed by atoms with van der Waals surface area (Å²) in [5.41, 5.74) is -1.26. The number of carbonyl (C=O) groups excluding carboxylic acids is 2. The zero-order valence-corrected chi connectivity index (χ0v) is 16.6. The number of alkyl carbamates (subject to hydrolysis) is 1. The predicted octanol–water partition coefficient (Wildman–Crippen LogP) is 3.80. The van der Waals surface area contributed by atoms with Crippen molar-refractivity contribution in [3.8, 4) is 0 Å². The molecule has 1 N–H and O–H groups in total. The molecular formula is C18H28N2O4S. The van der Waals surface area contributed by atoms with Crippen LogP contribution in [-0.4, -0.2) is 40.0 Å². The number of nitrogens with zero attached hydrogens (tertiary/aromatic N) is 1. The molecule has 1 rings (SSSR count). The molecule has 7 heteroatoms. The van der Waals surface area contributed by atoms with Gasteiger partial charge in [0.2, 0.25) is 0 Å². The lowest BCUT2D eigenvalue weighted by atomic mass is 10.1. The minimum atomic E-state index is -0.773. The Hall–Kier alpha value is -1.76. The van der Waals surface area contributed by atoms with Crippen molar-refractivity contribution >= 4 is 23.8 Å². The van der Waals surface area contributed by atoms with Crippen molar-refractivity contribution in [1.82, 2.24) is 10.3 Å². The summed E-state index contributed by atoms with van der Waals surface area (Å²) in [6.45, 7) is 10.7. The van der Waals surface area contributed by atoms with Crippen molar-refractivity contribution in [3.05, 3.63) is 24.4 Å². The topological polar surface area (TPSA) is 77.5 Å². The summed E-state index contributed by atoms with van der Waals surface area (Å²) in [4.78, 5) is 28.6. The van der Waals surface area contributed by atoms with E-state index in [1.807, 2.05) is 18.2 Å². The minimum Gasteiger partial charge on any atom is -0.458 e. The largest absolute Gasteiger partial charge is 0.458 e. The van der Waals surface area contributed by atoms with Gasteiger partial charge in [0.15, 0.2) is 0 Å². The molecule has 1 atom stereocenters. The lowest BCUT2D eigenvalue weighted by molar-refractivity contribution is -0.157. The lowest BCUT2D eigenvalue weighted by Crippen LogP contribution is -2.46. The lowest BCUT2D eigenvalue weighted by Gasteiger charge is -2.26. The number of nitrogens with one attached hydrogen (secondary N) is 1. The van der Waals surface area contributed by atoms with Crippen LogP contribution < -0.4 is 5.32 Å². The van der Waals surface area contributed by atoms with E-state index in [1.54, 1.807) is 47.7 Å². The van der Waals surface area contributed by atoms with E-state index in [0.717, 1.165) is 5.03 Å². The Balaban J connectivity index is 2.66. The molecule has 0 aliphatic heterocycles. The highest BCUT2D eigenvalue weighted by molar-refractivity contribution is 7.99. The maximum Gasteiger partial charge on any atom is 0.408 e. The first kappa shape index (κ1) is 21.3. The number of hydrogen-bond acceptors (Lipinski definition) is 6. The van der Waals surface area contributed by atoms with E-state index in [2.05, 4.69) is 10.3 Å². The van der Waals surface area contributed by atoms with Gasteiger partial charge in [-0.15, -0.1) is 11.8 Å². The van der Waals surface area contributed by atoms with Crippen molar-refractivity contribution in [2.45, 2.75) is 70.2 Å². The number of amides is 1. The average molecular weight is 368 g/mol. The third-order valence-corrected chi connectivity index (χ3v) is 3.65. The number of rotatable bonds is 6. The second-order valence-electron chi connectivity index (χ2n) is 7.54. The Morgan fingerprint density at radius 3 is 2.28 bits per heavy atom. The van der Waals surface area contributed by atoms with E-state index < -0.39 is 29.3 Å². The molecule has 1 amide bonds. The summed E-state index contributed by atoms with van der Waals surface area (Å²) in [6.07, 6.45) is 1.49. The Morgan fingerprint density at radius 2 is 1.76 bits per heavy atom.